The van der Waals surface area contributed by atoms with Gasteiger partial charge in [-0.25, -0.2) is 9.78 Å². The van der Waals surface area contributed by atoms with Crippen LogP contribution in [-0.4, -0.2) is 40.6 Å². The number of amides is 3. The van der Waals surface area contributed by atoms with Gasteiger partial charge in [-0.1, -0.05) is 26.0 Å². The van der Waals surface area contributed by atoms with Crippen molar-refractivity contribution in [2.45, 2.75) is 39.8 Å². The van der Waals surface area contributed by atoms with E-state index >= 15 is 0 Å². The van der Waals surface area contributed by atoms with Crippen LogP contribution in [0, 0.1) is 5.92 Å². The summed E-state index contributed by atoms with van der Waals surface area (Å²) in [6.45, 7) is 7.80. The van der Waals surface area contributed by atoms with Gasteiger partial charge in [-0.15, -0.1) is 0 Å². The summed E-state index contributed by atoms with van der Waals surface area (Å²) in [4.78, 5) is 30.8. The van der Waals surface area contributed by atoms with Gasteiger partial charge in [0, 0.05) is 19.6 Å². The first kappa shape index (κ1) is 17.3. The minimum Gasteiger partial charge on any atom is -0.354 e. The number of carbonyl (C=O) groups excluding carboxylic acids is 2. The van der Waals surface area contributed by atoms with E-state index in [1.807, 2.05) is 28.8 Å². The fourth-order valence-electron chi connectivity index (χ4n) is 2.95. The Morgan fingerprint density at radius 1 is 1.20 bits per heavy atom. The van der Waals surface area contributed by atoms with E-state index in [9.17, 15) is 9.59 Å². The van der Waals surface area contributed by atoms with E-state index in [1.165, 1.54) is 0 Å². The fraction of sp³-hybridized carbons (Fsp3) is 0.500. The molecule has 2 heterocycles. The number of nitrogens with one attached hydrogen (secondary N) is 2. The van der Waals surface area contributed by atoms with E-state index in [0.717, 1.165) is 17.5 Å². The van der Waals surface area contributed by atoms with Gasteiger partial charge in [0.1, 0.15) is 6.04 Å². The van der Waals surface area contributed by atoms with Crippen LogP contribution in [0.5, 0.6) is 0 Å². The Balaban J connectivity index is 1.62. The van der Waals surface area contributed by atoms with Crippen LogP contribution in [0.4, 0.5) is 10.7 Å². The number of carbonyl (C=O) groups is 2. The Labute approximate surface area is 147 Å². The number of benzene rings is 1. The minimum absolute atomic E-state index is 0.165. The molecule has 0 radical (unpaired) electrons. The summed E-state index contributed by atoms with van der Waals surface area (Å²) < 4.78 is 2.03. The Morgan fingerprint density at radius 2 is 1.96 bits per heavy atom. The third-order valence-corrected chi connectivity index (χ3v) is 4.42. The number of fused-ring (bicyclic) bond motifs is 3. The number of nitrogens with zero attached hydrogens (tertiary/aromatic N) is 3. The Hall–Kier alpha value is -2.57. The molecule has 134 valence electrons. The van der Waals surface area contributed by atoms with Crippen molar-refractivity contribution in [3.63, 3.8) is 0 Å². The maximum atomic E-state index is 12.6. The number of urea groups is 1. The molecule has 7 heteroatoms. The predicted molar refractivity (Wildman–Crippen MR) is 97.5 cm³/mol. The minimum atomic E-state index is -0.585. The zero-order chi connectivity index (χ0) is 18.0. The van der Waals surface area contributed by atoms with Gasteiger partial charge in [0.15, 0.2) is 0 Å². The lowest BCUT2D eigenvalue weighted by atomic mass is 10.1. The maximum absolute atomic E-state index is 12.6. The first-order valence-corrected chi connectivity index (χ1v) is 8.78. The van der Waals surface area contributed by atoms with Crippen molar-refractivity contribution in [1.29, 1.82) is 0 Å². The van der Waals surface area contributed by atoms with E-state index in [2.05, 4.69) is 29.5 Å². The molecule has 1 unspecified atom stereocenters. The number of aromatic nitrogens is 2. The van der Waals surface area contributed by atoms with Crippen LogP contribution in [0.2, 0.25) is 0 Å². The topological polar surface area (TPSA) is 79.3 Å². The van der Waals surface area contributed by atoms with Crippen LogP contribution in [-0.2, 0) is 11.3 Å². The van der Waals surface area contributed by atoms with Crippen LogP contribution in [0.1, 0.15) is 27.2 Å². The summed E-state index contributed by atoms with van der Waals surface area (Å²) in [5.74, 6) is 0.996. The second-order valence-electron chi connectivity index (χ2n) is 6.85. The first-order chi connectivity index (χ1) is 12.0. The number of para-hydroxylation sites is 2. The lowest BCUT2D eigenvalue weighted by molar-refractivity contribution is -0.122. The lowest BCUT2D eigenvalue weighted by Gasteiger charge is -2.19. The van der Waals surface area contributed by atoms with E-state index < -0.39 is 6.04 Å². The number of hydrogen-bond donors (Lipinski definition) is 2. The average Bonchev–Trinajstić information content (AvgIpc) is 3.13. The maximum Gasteiger partial charge on any atom is 0.324 e. The second-order valence-corrected chi connectivity index (χ2v) is 6.85. The van der Waals surface area contributed by atoms with Gasteiger partial charge in [-0.2, -0.15) is 0 Å². The number of rotatable bonds is 5. The number of hydrogen-bond acceptors (Lipinski definition) is 3. The summed E-state index contributed by atoms with van der Waals surface area (Å²) in [7, 11) is 0. The van der Waals surface area contributed by atoms with Crippen molar-refractivity contribution in [2.75, 3.05) is 18.0 Å². The largest absolute Gasteiger partial charge is 0.354 e. The Bertz CT molecular complexity index is 783. The highest BCUT2D eigenvalue weighted by molar-refractivity contribution is 5.96. The highest BCUT2D eigenvalue weighted by Gasteiger charge is 2.29. The molecule has 1 aromatic heterocycles. The Kier molecular flexibility index (Phi) is 4.92. The van der Waals surface area contributed by atoms with Gasteiger partial charge < -0.3 is 15.2 Å². The second kappa shape index (κ2) is 7.13. The average molecular weight is 343 g/mol. The molecule has 2 aromatic rings. The molecule has 3 amide bonds. The van der Waals surface area contributed by atoms with Crippen molar-refractivity contribution in [1.82, 2.24) is 20.2 Å². The van der Waals surface area contributed by atoms with Gasteiger partial charge in [-0.3, -0.25) is 9.69 Å². The van der Waals surface area contributed by atoms with E-state index in [0.29, 0.717) is 31.5 Å². The molecule has 0 fully saturated rings. The summed E-state index contributed by atoms with van der Waals surface area (Å²) in [5.41, 5.74) is 1.89. The van der Waals surface area contributed by atoms with Crippen LogP contribution in [0.3, 0.4) is 0 Å². The highest BCUT2D eigenvalue weighted by atomic mass is 16.2. The third kappa shape index (κ3) is 3.60. The molecule has 7 nitrogen and oxygen atoms in total. The monoisotopic (exact) mass is 343 g/mol. The molecule has 1 aliphatic heterocycles. The zero-order valence-corrected chi connectivity index (χ0v) is 15.0. The molecule has 0 bridgehead atoms. The molecule has 0 spiro atoms. The lowest BCUT2D eigenvalue weighted by Crippen LogP contribution is -2.50. The molecule has 1 aromatic carbocycles. The van der Waals surface area contributed by atoms with Crippen molar-refractivity contribution in [3.8, 4) is 0 Å². The van der Waals surface area contributed by atoms with Gasteiger partial charge in [-0.05, 0) is 31.4 Å². The number of imidazole rings is 1. The predicted octanol–water partition coefficient (Wildman–Crippen LogP) is 2.12. The summed E-state index contributed by atoms with van der Waals surface area (Å²) in [6, 6.07) is 6.95. The standard InChI is InChI=1S/C18H25N5O2/c1-12(2)8-9-19-16(24)13(3)20-18(25)23-11-10-22-15-7-5-4-6-14(15)21-17(22)23/h4-7,12-13H,8-11H2,1-3H3,(H,19,24)(H,20,25). The van der Waals surface area contributed by atoms with Gasteiger partial charge >= 0.3 is 6.03 Å². The number of anilines is 1. The molecule has 1 atom stereocenters. The summed E-state index contributed by atoms with van der Waals surface area (Å²) in [6.07, 6.45) is 0.919. The normalized spacial score (nSPS) is 14.6. The van der Waals surface area contributed by atoms with Crippen LogP contribution in [0.15, 0.2) is 24.3 Å². The molecule has 0 aliphatic carbocycles. The van der Waals surface area contributed by atoms with Gasteiger partial charge in [0.2, 0.25) is 11.9 Å². The molecule has 0 saturated carbocycles. The van der Waals surface area contributed by atoms with Crippen molar-refractivity contribution < 1.29 is 9.59 Å². The third-order valence-electron chi connectivity index (χ3n) is 4.42. The summed E-state index contributed by atoms with van der Waals surface area (Å²) in [5, 5.41) is 5.62. The van der Waals surface area contributed by atoms with E-state index in [1.54, 1.807) is 11.8 Å². The molecular weight excluding hydrogens is 318 g/mol. The zero-order valence-electron chi connectivity index (χ0n) is 15.0. The molecule has 25 heavy (non-hydrogen) atoms. The van der Waals surface area contributed by atoms with Crippen molar-refractivity contribution in [2.24, 2.45) is 5.92 Å². The molecule has 1 aliphatic rings. The van der Waals surface area contributed by atoms with Crippen molar-refractivity contribution >= 4 is 28.9 Å². The van der Waals surface area contributed by atoms with Crippen LogP contribution >= 0.6 is 0 Å². The van der Waals surface area contributed by atoms with Crippen LogP contribution < -0.4 is 15.5 Å². The van der Waals surface area contributed by atoms with Crippen LogP contribution in [0.25, 0.3) is 11.0 Å². The fourth-order valence-corrected chi connectivity index (χ4v) is 2.95. The van der Waals surface area contributed by atoms with E-state index in [4.69, 9.17) is 0 Å². The quantitative estimate of drug-likeness (QED) is 0.873. The van der Waals surface area contributed by atoms with E-state index in [-0.39, 0.29) is 11.9 Å². The first-order valence-electron chi connectivity index (χ1n) is 8.78. The Morgan fingerprint density at radius 3 is 2.72 bits per heavy atom. The van der Waals surface area contributed by atoms with Gasteiger partial charge in [0.25, 0.3) is 0 Å². The summed E-state index contributed by atoms with van der Waals surface area (Å²) >= 11 is 0. The smallest absolute Gasteiger partial charge is 0.324 e. The molecule has 2 N–H and O–H groups in total. The highest BCUT2D eigenvalue weighted by Crippen LogP contribution is 2.26. The van der Waals surface area contributed by atoms with Gasteiger partial charge in [0.05, 0.1) is 11.0 Å². The molecular formula is C18H25N5O2. The SMILES string of the molecule is CC(C)CCNC(=O)C(C)NC(=O)N1CCn2c1nc1ccccc12. The van der Waals surface area contributed by atoms with Crippen molar-refractivity contribution in [3.05, 3.63) is 24.3 Å². The molecule has 0 saturated heterocycles. The molecule has 3 rings (SSSR count).